The second-order valence-electron chi connectivity index (χ2n) is 6.30. The van der Waals surface area contributed by atoms with Crippen molar-refractivity contribution in [2.24, 2.45) is 17.8 Å². The zero-order valence-electron chi connectivity index (χ0n) is 12.3. The number of hydrogen-bond donors (Lipinski definition) is 2. The number of aliphatic carboxylic acids is 1. The van der Waals surface area contributed by atoms with Crippen molar-refractivity contribution in [3.05, 3.63) is 0 Å². The van der Waals surface area contributed by atoms with E-state index in [9.17, 15) is 14.7 Å². The summed E-state index contributed by atoms with van der Waals surface area (Å²) in [6, 6.07) is 0.219. The molecule has 5 atom stereocenters. The fourth-order valence-electron chi connectivity index (χ4n) is 3.69. The molecule has 0 radical (unpaired) electrons. The fourth-order valence-corrected chi connectivity index (χ4v) is 4.62. The van der Waals surface area contributed by atoms with Gasteiger partial charge >= 0.3 is 5.97 Å². The van der Waals surface area contributed by atoms with Crippen LogP contribution in [-0.2, 0) is 9.59 Å². The molecule has 0 aromatic heterocycles. The first-order valence-corrected chi connectivity index (χ1v) is 8.87. The number of rotatable bonds is 4. The lowest BCUT2D eigenvalue weighted by atomic mass is 9.92. The summed E-state index contributed by atoms with van der Waals surface area (Å²) in [7, 11) is 0. The molecule has 2 N–H and O–H groups in total. The molecule has 2 saturated carbocycles. The summed E-state index contributed by atoms with van der Waals surface area (Å²) in [5.41, 5.74) is 0. The average molecular weight is 299 g/mol. The first kappa shape index (κ1) is 15.7. The van der Waals surface area contributed by atoms with Crippen LogP contribution in [0.25, 0.3) is 0 Å². The van der Waals surface area contributed by atoms with Gasteiger partial charge < -0.3 is 10.4 Å². The van der Waals surface area contributed by atoms with Gasteiger partial charge in [0.1, 0.15) is 0 Å². The Morgan fingerprint density at radius 3 is 2.45 bits per heavy atom. The molecule has 5 unspecified atom stereocenters. The summed E-state index contributed by atoms with van der Waals surface area (Å²) in [5, 5.41) is 12.9. The molecule has 1 amide bonds. The van der Waals surface area contributed by atoms with Crippen molar-refractivity contribution in [1.82, 2.24) is 5.32 Å². The van der Waals surface area contributed by atoms with Crippen LogP contribution in [0.4, 0.5) is 0 Å². The fraction of sp³-hybridized carbons (Fsp3) is 0.867. The lowest BCUT2D eigenvalue weighted by Crippen LogP contribution is -2.47. The summed E-state index contributed by atoms with van der Waals surface area (Å²) < 4.78 is 0. The van der Waals surface area contributed by atoms with Gasteiger partial charge in [0.15, 0.2) is 0 Å². The lowest BCUT2D eigenvalue weighted by molar-refractivity contribution is -0.146. The molecule has 0 spiro atoms. The number of carboxylic acids is 1. The lowest BCUT2D eigenvalue weighted by Gasteiger charge is -2.32. The first-order chi connectivity index (χ1) is 9.52. The van der Waals surface area contributed by atoms with Crippen LogP contribution in [0, 0.1) is 17.8 Å². The minimum atomic E-state index is -0.820. The SMILES string of the molecule is CSC1CCCCC1NC(=O)C1CC(C)CC1C(=O)O. The monoisotopic (exact) mass is 299 g/mol. The molecule has 0 bridgehead atoms. The van der Waals surface area contributed by atoms with E-state index in [1.807, 2.05) is 18.7 Å². The highest BCUT2D eigenvalue weighted by atomic mass is 32.2. The smallest absolute Gasteiger partial charge is 0.307 e. The van der Waals surface area contributed by atoms with E-state index in [1.54, 1.807) is 0 Å². The van der Waals surface area contributed by atoms with Crippen molar-refractivity contribution in [3.63, 3.8) is 0 Å². The van der Waals surface area contributed by atoms with E-state index >= 15 is 0 Å². The van der Waals surface area contributed by atoms with E-state index < -0.39 is 11.9 Å². The number of hydrogen-bond acceptors (Lipinski definition) is 3. The Morgan fingerprint density at radius 2 is 1.80 bits per heavy atom. The van der Waals surface area contributed by atoms with E-state index in [2.05, 4.69) is 11.6 Å². The van der Waals surface area contributed by atoms with E-state index in [1.165, 1.54) is 6.42 Å². The molecule has 0 aromatic rings. The van der Waals surface area contributed by atoms with Crippen LogP contribution in [0.2, 0.25) is 0 Å². The Morgan fingerprint density at radius 1 is 1.15 bits per heavy atom. The Bertz CT molecular complexity index is 374. The molecule has 114 valence electrons. The Hall–Kier alpha value is -0.710. The summed E-state index contributed by atoms with van der Waals surface area (Å²) >= 11 is 1.81. The van der Waals surface area contributed by atoms with Crippen LogP contribution in [0.15, 0.2) is 0 Å². The van der Waals surface area contributed by atoms with E-state index in [0.29, 0.717) is 24.0 Å². The highest BCUT2D eigenvalue weighted by Gasteiger charge is 2.42. The molecule has 20 heavy (non-hydrogen) atoms. The van der Waals surface area contributed by atoms with E-state index in [0.717, 1.165) is 19.3 Å². The Kier molecular flexibility index (Phi) is 5.35. The second kappa shape index (κ2) is 6.83. The molecular weight excluding hydrogens is 274 g/mol. The topological polar surface area (TPSA) is 66.4 Å². The van der Waals surface area contributed by atoms with Crippen molar-refractivity contribution in [1.29, 1.82) is 0 Å². The van der Waals surface area contributed by atoms with Crippen LogP contribution in [0.5, 0.6) is 0 Å². The molecule has 5 heteroatoms. The molecular formula is C15H25NO3S. The maximum Gasteiger partial charge on any atom is 0.307 e. The Labute approximate surface area is 125 Å². The van der Waals surface area contributed by atoms with Crippen molar-refractivity contribution >= 4 is 23.6 Å². The van der Waals surface area contributed by atoms with Crippen LogP contribution in [-0.4, -0.2) is 34.5 Å². The summed E-state index contributed by atoms with van der Waals surface area (Å²) in [6.45, 7) is 2.04. The largest absolute Gasteiger partial charge is 0.481 e. The van der Waals surface area contributed by atoms with Gasteiger partial charge in [0.05, 0.1) is 11.8 Å². The van der Waals surface area contributed by atoms with Crippen LogP contribution in [0.1, 0.15) is 45.4 Å². The molecule has 0 aliphatic heterocycles. The van der Waals surface area contributed by atoms with Crippen molar-refractivity contribution in [3.8, 4) is 0 Å². The van der Waals surface area contributed by atoms with Crippen LogP contribution < -0.4 is 5.32 Å². The Balaban J connectivity index is 1.98. The average Bonchev–Trinajstić information content (AvgIpc) is 2.82. The predicted octanol–water partition coefficient (Wildman–Crippen LogP) is 2.52. The molecule has 0 aromatic carbocycles. The number of amides is 1. The molecule has 2 aliphatic carbocycles. The normalized spacial score (nSPS) is 37.6. The molecule has 4 nitrogen and oxygen atoms in total. The van der Waals surface area contributed by atoms with Gasteiger partial charge in [-0.05, 0) is 37.9 Å². The standard InChI is InChI=1S/C15H25NO3S/c1-9-7-10(11(8-9)15(18)19)14(17)16-12-5-3-4-6-13(12)20-2/h9-13H,3-8H2,1-2H3,(H,16,17)(H,18,19). The van der Waals surface area contributed by atoms with Crippen molar-refractivity contribution in [2.75, 3.05) is 6.26 Å². The van der Waals surface area contributed by atoms with Gasteiger partial charge in [-0.25, -0.2) is 0 Å². The summed E-state index contributed by atoms with van der Waals surface area (Å²) in [6.07, 6.45) is 7.99. The number of carbonyl (C=O) groups is 2. The third-order valence-corrected chi connectivity index (χ3v) is 5.95. The van der Waals surface area contributed by atoms with Gasteiger partial charge in [0.25, 0.3) is 0 Å². The van der Waals surface area contributed by atoms with Crippen molar-refractivity contribution < 1.29 is 14.7 Å². The van der Waals surface area contributed by atoms with Gasteiger partial charge in [0.2, 0.25) is 5.91 Å². The van der Waals surface area contributed by atoms with E-state index in [-0.39, 0.29) is 17.9 Å². The quantitative estimate of drug-likeness (QED) is 0.837. The third kappa shape index (κ3) is 3.48. The van der Waals surface area contributed by atoms with Gasteiger partial charge in [0, 0.05) is 11.3 Å². The van der Waals surface area contributed by atoms with Gasteiger partial charge in [-0.2, -0.15) is 11.8 Å². The van der Waals surface area contributed by atoms with E-state index in [4.69, 9.17) is 0 Å². The van der Waals surface area contributed by atoms with Gasteiger partial charge in [-0.3, -0.25) is 9.59 Å². The zero-order chi connectivity index (χ0) is 14.7. The molecule has 2 aliphatic rings. The highest BCUT2D eigenvalue weighted by molar-refractivity contribution is 7.99. The number of carboxylic acid groups (broad SMARTS) is 1. The minimum Gasteiger partial charge on any atom is -0.481 e. The molecule has 0 heterocycles. The van der Waals surface area contributed by atoms with Crippen LogP contribution in [0.3, 0.4) is 0 Å². The summed E-state index contributed by atoms with van der Waals surface area (Å²) in [4.78, 5) is 23.7. The van der Waals surface area contributed by atoms with Crippen LogP contribution >= 0.6 is 11.8 Å². The third-order valence-electron chi connectivity index (χ3n) is 4.79. The maximum atomic E-state index is 12.5. The molecule has 2 fully saturated rings. The number of thioether (sulfide) groups is 1. The highest BCUT2D eigenvalue weighted by Crippen LogP contribution is 2.37. The predicted molar refractivity (Wildman–Crippen MR) is 80.7 cm³/mol. The zero-order valence-corrected chi connectivity index (χ0v) is 13.1. The molecule has 2 rings (SSSR count). The minimum absolute atomic E-state index is 0.0345. The number of nitrogens with one attached hydrogen (secondary N) is 1. The summed E-state index contributed by atoms with van der Waals surface area (Å²) in [5.74, 6) is -1.37. The second-order valence-corrected chi connectivity index (χ2v) is 7.38. The first-order valence-electron chi connectivity index (χ1n) is 7.59. The van der Waals surface area contributed by atoms with Crippen molar-refractivity contribution in [2.45, 2.75) is 56.7 Å². The molecule has 0 saturated heterocycles. The maximum absolute atomic E-state index is 12.5. The van der Waals surface area contributed by atoms with Gasteiger partial charge in [-0.1, -0.05) is 19.8 Å². The van der Waals surface area contributed by atoms with Gasteiger partial charge in [-0.15, -0.1) is 0 Å². The number of carbonyl (C=O) groups excluding carboxylic acids is 1.